The van der Waals surface area contributed by atoms with Crippen molar-refractivity contribution in [2.45, 2.75) is 164 Å². The minimum atomic E-state index is -1.15. The zero-order valence-electron chi connectivity index (χ0n) is 39.3. The summed E-state index contributed by atoms with van der Waals surface area (Å²) in [5.41, 5.74) is 8.78. The van der Waals surface area contributed by atoms with E-state index in [1.54, 1.807) is 6.07 Å². The van der Waals surface area contributed by atoms with Gasteiger partial charge in [-0.1, -0.05) is 104 Å². The highest BCUT2D eigenvalue weighted by molar-refractivity contribution is 5.95. The Morgan fingerprint density at radius 1 is 0.710 bits per heavy atom. The van der Waals surface area contributed by atoms with Crippen LogP contribution in [0.4, 0.5) is 0 Å². The topological polar surface area (TPSA) is 145 Å². The predicted octanol–water partition coefficient (Wildman–Crippen LogP) is 14.2. The average molecular weight is 853 g/mol. The SMILES string of the molecule is C=C(C)[C@@H]1CCC(C)=C[C@H]1c1c(O)cc(CCCCC)c(C(=O)O)c1O.C=C(C)[C@@H]1CCC(C)=C[C@H]1c1c(O)cc(CCCCC)c(C(=O)OC/C=C(\C)CCC=C(C)C)c1O. The zero-order valence-corrected chi connectivity index (χ0v) is 39.3. The Morgan fingerprint density at radius 2 is 1.16 bits per heavy atom. The summed E-state index contributed by atoms with van der Waals surface area (Å²) in [5.74, 6) is -2.47. The molecule has 0 saturated heterocycles. The molecule has 2 aromatic carbocycles. The van der Waals surface area contributed by atoms with Crippen LogP contribution in [0.2, 0.25) is 0 Å². The maximum atomic E-state index is 13.3. The highest BCUT2D eigenvalue weighted by atomic mass is 16.5. The van der Waals surface area contributed by atoms with Gasteiger partial charge in [0.1, 0.15) is 40.7 Å². The number of benzene rings is 2. The van der Waals surface area contributed by atoms with E-state index in [1.807, 2.05) is 39.8 Å². The summed E-state index contributed by atoms with van der Waals surface area (Å²) in [6.07, 6.45) is 20.7. The van der Waals surface area contributed by atoms with E-state index >= 15 is 0 Å². The van der Waals surface area contributed by atoms with E-state index in [1.165, 1.54) is 22.8 Å². The number of carbonyl (C=O) groups is 2. The Bertz CT molecular complexity index is 2040. The third-order valence-electron chi connectivity index (χ3n) is 12.5. The number of aryl methyl sites for hydroxylation is 2. The van der Waals surface area contributed by atoms with E-state index in [4.69, 9.17) is 4.74 Å². The molecule has 4 rings (SSSR count). The van der Waals surface area contributed by atoms with E-state index in [0.717, 1.165) is 93.8 Å². The van der Waals surface area contributed by atoms with Gasteiger partial charge in [0.2, 0.25) is 0 Å². The van der Waals surface area contributed by atoms with Crippen LogP contribution in [0.5, 0.6) is 23.0 Å². The normalized spacial score (nSPS) is 18.8. The lowest BCUT2D eigenvalue weighted by molar-refractivity contribution is 0.0543. The monoisotopic (exact) mass is 853 g/mol. The molecule has 0 fully saturated rings. The van der Waals surface area contributed by atoms with Crippen LogP contribution in [-0.4, -0.2) is 44.1 Å². The van der Waals surface area contributed by atoms with Crippen molar-refractivity contribution in [3.8, 4) is 23.0 Å². The second-order valence-electron chi connectivity index (χ2n) is 18.1. The standard InChI is InChI=1S/C32H46O4.C22H30O4/c1-8-9-10-14-25-20-28(33)30(27-19-24(7)15-16-26(27)22(4)5)31(34)29(25)32(35)36-18-17-23(6)13-11-12-21(2)3;1-5-6-7-8-15-12-18(23)20(21(24)19(15)22(25)26)17-11-14(4)9-10-16(17)13(2)3/h12,17,19-20,26-27,33-34H,4,8-11,13-16,18H2,1-3,5-7H3;11-12,16-17,23-24H,2,5-10H2,1,3-4H3,(H,25,26)/b23-17+;/t26-,27+;16-,17+/m00/s1. The lowest BCUT2D eigenvalue weighted by atomic mass is 9.73. The van der Waals surface area contributed by atoms with Gasteiger partial charge < -0.3 is 30.3 Å². The van der Waals surface area contributed by atoms with E-state index < -0.39 is 11.9 Å². The number of ether oxygens (including phenoxy) is 1. The number of phenols is 4. The molecule has 2 aliphatic carbocycles. The molecule has 0 aliphatic heterocycles. The Hall–Kier alpha value is -4.98. The molecule has 340 valence electrons. The van der Waals surface area contributed by atoms with Gasteiger partial charge in [-0.2, -0.15) is 0 Å². The number of rotatable bonds is 19. The van der Waals surface area contributed by atoms with Crippen LogP contribution in [0.25, 0.3) is 0 Å². The summed E-state index contributed by atoms with van der Waals surface area (Å²) in [6.45, 7) is 26.8. The van der Waals surface area contributed by atoms with Gasteiger partial charge in [-0.25, -0.2) is 9.59 Å². The van der Waals surface area contributed by atoms with E-state index in [-0.39, 0.29) is 64.4 Å². The van der Waals surface area contributed by atoms with Crippen molar-refractivity contribution < 1.29 is 39.9 Å². The van der Waals surface area contributed by atoms with Crippen molar-refractivity contribution in [2.75, 3.05) is 6.61 Å². The molecule has 62 heavy (non-hydrogen) atoms. The lowest BCUT2D eigenvalue weighted by Gasteiger charge is -2.32. The first-order chi connectivity index (χ1) is 29.3. The minimum Gasteiger partial charge on any atom is -0.507 e. The first-order valence-electron chi connectivity index (χ1n) is 22.8. The largest absolute Gasteiger partial charge is 0.507 e. The van der Waals surface area contributed by atoms with Gasteiger partial charge in [0.25, 0.3) is 0 Å². The second kappa shape index (κ2) is 24.6. The number of allylic oxidation sites excluding steroid dienone is 9. The van der Waals surface area contributed by atoms with Crippen LogP contribution in [0, 0.1) is 11.8 Å². The fourth-order valence-corrected chi connectivity index (χ4v) is 8.93. The molecule has 2 aliphatic rings. The highest BCUT2D eigenvalue weighted by Crippen LogP contribution is 2.50. The third kappa shape index (κ3) is 14.0. The number of unbranched alkanes of at least 4 members (excludes halogenated alkanes) is 4. The molecular formula is C54H76O8. The zero-order chi connectivity index (χ0) is 46.3. The quantitative estimate of drug-likeness (QED) is 0.0534. The number of carboxylic acids is 1. The Balaban J connectivity index is 0.000000348. The van der Waals surface area contributed by atoms with Crippen molar-refractivity contribution in [1.82, 2.24) is 0 Å². The summed E-state index contributed by atoms with van der Waals surface area (Å²) < 4.78 is 5.63. The van der Waals surface area contributed by atoms with Crippen LogP contribution in [0.15, 0.2) is 83.0 Å². The minimum absolute atomic E-state index is 0.0267. The molecule has 0 unspecified atom stereocenters. The molecule has 8 heteroatoms. The molecular weight excluding hydrogens is 777 g/mol. The van der Waals surface area contributed by atoms with E-state index in [2.05, 4.69) is 59.9 Å². The number of aromatic carboxylic acids is 1. The van der Waals surface area contributed by atoms with Gasteiger partial charge >= 0.3 is 11.9 Å². The van der Waals surface area contributed by atoms with E-state index in [0.29, 0.717) is 35.1 Å². The average Bonchev–Trinajstić information content (AvgIpc) is 3.17. The second-order valence-corrected chi connectivity index (χ2v) is 18.1. The van der Waals surface area contributed by atoms with Crippen molar-refractivity contribution in [3.63, 3.8) is 0 Å². The van der Waals surface area contributed by atoms with Crippen LogP contribution < -0.4 is 0 Å². The van der Waals surface area contributed by atoms with Crippen LogP contribution >= 0.6 is 0 Å². The lowest BCUT2D eigenvalue weighted by Crippen LogP contribution is -2.19. The number of hydrogen-bond acceptors (Lipinski definition) is 7. The van der Waals surface area contributed by atoms with Crippen molar-refractivity contribution in [2.24, 2.45) is 11.8 Å². The van der Waals surface area contributed by atoms with Gasteiger partial charge in [-0.15, -0.1) is 0 Å². The molecule has 2 aromatic rings. The van der Waals surface area contributed by atoms with Crippen molar-refractivity contribution in [1.29, 1.82) is 0 Å². The van der Waals surface area contributed by atoms with E-state index in [9.17, 15) is 35.1 Å². The van der Waals surface area contributed by atoms with Gasteiger partial charge in [-0.3, -0.25) is 0 Å². The molecule has 0 bridgehead atoms. The fourth-order valence-electron chi connectivity index (χ4n) is 8.93. The van der Waals surface area contributed by atoms with Gasteiger partial charge in [0, 0.05) is 23.0 Å². The maximum absolute atomic E-state index is 13.3. The fraction of sp³-hybridized carbons (Fsp3) is 0.519. The molecule has 0 heterocycles. The Kier molecular flexibility index (Phi) is 20.4. The maximum Gasteiger partial charge on any atom is 0.342 e. The number of carbonyl (C=O) groups excluding carboxylic acids is 1. The Morgan fingerprint density at radius 3 is 1.58 bits per heavy atom. The number of esters is 1. The number of aromatic hydroxyl groups is 4. The van der Waals surface area contributed by atoms with Gasteiger partial charge in [-0.05, 0) is 154 Å². The number of phenolic OH excluding ortho intramolecular Hbond substituents is 3. The summed E-state index contributed by atoms with van der Waals surface area (Å²) in [6, 6.07) is 3.19. The summed E-state index contributed by atoms with van der Waals surface area (Å²) in [4.78, 5) is 25.1. The van der Waals surface area contributed by atoms with Gasteiger partial charge in [0.15, 0.2) is 0 Å². The molecule has 0 aromatic heterocycles. The summed E-state index contributed by atoms with van der Waals surface area (Å²) >= 11 is 0. The molecule has 0 radical (unpaired) electrons. The summed E-state index contributed by atoms with van der Waals surface area (Å²) in [5, 5.41) is 53.7. The third-order valence-corrected chi connectivity index (χ3v) is 12.5. The van der Waals surface area contributed by atoms with Crippen LogP contribution in [0.1, 0.15) is 194 Å². The molecule has 4 atom stereocenters. The number of carboxylic acid groups (broad SMARTS) is 1. The van der Waals surface area contributed by atoms with Crippen LogP contribution in [0.3, 0.4) is 0 Å². The molecule has 0 amide bonds. The Labute approximate surface area is 372 Å². The molecule has 5 N–H and O–H groups in total. The van der Waals surface area contributed by atoms with Gasteiger partial charge in [0.05, 0.1) is 0 Å². The molecule has 0 spiro atoms. The highest BCUT2D eigenvalue weighted by Gasteiger charge is 2.35. The van der Waals surface area contributed by atoms with Crippen LogP contribution in [-0.2, 0) is 17.6 Å². The van der Waals surface area contributed by atoms with Crippen molar-refractivity contribution >= 4 is 11.9 Å². The number of hydrogen-bond donors (Lipinski definition) is 5. The first-order valence-corrected chi connectivity index (χ1v) is 22.8. The predicted molar refractivity (Wildman–Crippen MR) is 254 cm³/mol. The molecule has 0 saturated carbocycles. The molecule has 8 nitrogen and oxygen atoms in total. The first kappa shape index (κ1) is 51.4. The van der Waals surface area contributed by atoms with Crippen molar-refractivity contribution in [3.05, 3.63) is 116 Å². The smallest absolute Gasteiger partial charge is 0.342 e. The summed E-state index contributed by atoms with van der Waals surface area (Å²) in [7, 11) is 0.